The second-order valence-electron chi connectivity index (χ2n) is 5.00. The number of rotatable bonds is 7. The van der Waals surface area contributed by atoms with E-state index in [9.17, 15) is 0 Å². The van der Waals surface area contributed by atoms with E-state index in [2.05, 4.69) is 47.3 Å². The number of nitrogens with two attached hydrogens (primary N) is 1. The van der Waals surface area contributed by atoms with Crippen LogP contribution in [0.3, 0.4) is 0 Å². The number of benzene rings is 1. The molecule has 1 heterocycles. The van der Waals surface area contributed by atoms with Gasteiger partial charge < -0.3 is 16.4 Å². The van der Waals surface area contributed by atoms with Gasteiger partial charge in [-0.2, -0.15) is 12.6 Å². The zero-order chi connectivity index (χ0) is 15.1. The number of pyridine rings is 1. The van der Waals surface area contributed by atoms with Crippen LogP contribution < -0.4 is 16.4 Å². The van der Waals surface area contributed by atoms with E-state index in [4.69, 9.17) is 5.73 Å². The molecule has 0 fully saturated rings. The van der Waals surface area contributed by atoms with E-state index >= 15 is 0 Å². The van der Waals surface area contributed by atoms with E-state index in [1.54, 1.807) is 6.20 Å². The highest BCUT2D eigenvalue weighted by molar-refractivity contribution is 7.80. The molecule has 2 aromatic rings. The molecule has 1 aromatic carbocycles. The van der Waals surface area contributed by atoms with Crippen LogP contribution in [0.2, 0.25) is 0 Å². The lowest BCUT2D eigenvalue weighted by atomic mass is 10.1. The molecule has 0 aliphatic heterocycles. The normalized spacial score (nSPS) is 13.5. The van der Waals surface area contributed by atoms with Crippen LogP contribution in [0.25, 0.3) is 0 Å². The van der Waals surface area contributed by atoms with Crippen LogP contribution in [-0.4, -0.2) is 23.3 Å². The topological polar surface area (TPSA) is 63.0 Å². The van der Waals surface area contributed by atoms with E-state index in [1.807, 2.05) is 30.3 Å². The van der Waals surface area contributed by atoms with Crippen molar-refractivity contribution in [2.45, 2.75) is 19.0 Å². The van der Waals surface area contributed by atoms with E-state index in [-0.39, 0.29) is 12.1 Å². The van der Waals surface area contributed by atoms with Gasteiger partial charge in [-0.3, -0.25) is 0 Å². The number of nitrogens with one attached hydrogen (secondary N) is 2. The maximum atomic E-state index is 5.88. The summed E-state index contributed by atoms with van der Waals surface area (Å²) in [6.45, 7) is 2.79. The second-order valence-corrected chi connectivity index (χ2v) is 5.36. The fourth-order valence-corrected chi connectivity index (χ4v) is 2.13. The maximum Gasteiger partial charge on any atom is 0.149 e. The van der Waals surface area contributed by atoms with Crippen LogP contribution in [0.4, 0.5) is 11.5 Å². The van der Waals surface area contributed by atoms with Gasteiger partial charge in [-0.05, 0) is 24.6 Å². The summed E-state index contributed by atoms with van der Waals surface area (Å²) in [6, 6.07) is 14.4. The molecular formula is C16H22N4S. The fraction of sp³-hybridized carbons (Fsp3) is 0.312. The van der Waals surface area contributed by atoms with Crippen molar-refractivity contribution in [1.29, 1.82) is 0 Å². The number of nitrogens with zero attached hydrogens (tertiary/aromatic N) is 1. The molecule has 0 radical (unpaired) electrons. The summed E-state index contributed by atoms with van der Waals surface area (Å²) in [7, 11) is 0. The van der Waals surface area contributed by atoms with Crippen LogP contribution in [0.1, 0.15) is 18.5 Å². The van der Waals surface area contributed by atoms with Crippen LogP contribution >= 0.6 is 12.6 Å². The van der Waals surface area contributed by atoms with Crippen molar-refractivity contribution in [3.05, 3.63) is 54.2 Å². The fourth-order valence-electron chi connectivity index (χ4n) is 2.00. The van der Waals surface area contributed by atoms with Crippen LogP contribution in [0, 0.1) is 0 Å². The Balaban J connectivity index is 2.06. The van der Waals surface area contributed by atoms with Crippen molar-refractivity contribution in [2.75, 3.05) is 22.9 Å². The minimum absolute atomic E-state index is 0.0212. The number of hydrogen-bond acceptors (Lipinski definition) is 5. The SMILES string of the molecule is C[C@H](Nc1ncccc1NCC(N)CS)c1ccccc1. The number of hydrogen-bond donors (Lipinski definition) is 4. The van der Waals surface area contributed by atoms with Gasteiger partial charge in [0.1, 0.15) is 5.82 Å². The monoisotopic (exact) mass is 302 g/mol. The van der Waals surface area contributed by atoms with Crippen LogP contribution in [0.5, 0.6) is 0 Å². The van der Waals surface area contributed by atoms with Crippen molar-refractivity contribution in [2.24, 2.45) is 5.73 Å². The quantitative estimate of drug-likeness (QED) is 0.594. The average molecular weight is 302 g/mol. The van der Waals surface area contributed by atoms with Crippen LogP contribution in [0.15, 0.2) is 48.7 Å². The highest BCUT2D eigenvalue weighted by Gasteiger charge is 2.09. The molecule has 5 heteroatoms. The third-order valence-electron chi connectivity index (χ3n) is 3.25. The average Bonchev–Trinajstić information content (AvgIpc) is 2.54. The van der Waals surface area contributed by atoms with Gasteiger partial charge in [-0.1, -0.05) is 30.3 Å². The molecule has 0 saturated heterocycles. The Morgan fingerprint density at radius 3 is 2.67 bits per heavy atom. The summed E-state index contributed by atoms with van der Waals surface area (Å²) in [5.74, 6) is 1.48. The molecular weight excluding hydrogens is 280 g/mol. The maximum absolute atomic E-state index is 5.88. The van der Waals surface area contributed by atoms with Gasteiger partial charge in [0.15, 0.2) is 0 Å². The first-order chi connectivity index (χ1) is 10.2. The summed E-state index contributed by atoms with van der Waals surface area (Å²) in [5, 5.41) is 6.76. The molecule has 0 aliphatic carbocycles. The Morgan fingerprint density at radius 2 is 1.95 bits per heavy atom. The number of aromatic nitrogens is 1. The summed E-state index contributed by atoms with van der Waals surface area (Å²) >= 11 is 4.19. The molecule has 0 bridgehead atoms. The van der Waals surface area contributed by atoms with Gasteiger partial charge in [-0.15, -0.1) is 0 Å². The minimum Gasteiger partial charge on any atom is -0.380 e. The van der Waals surface area contributed by atoms with Crippen molar-refractivity contribution in [1.82, 2.24) is 4.98 Å². The molecule has 1 unspecified atom stereocenters. The zero-order valence-electron chi connectivity index (χ0n) is 12.2. The van der Waals surface area contributed by atoms with Crippen molar-refractivity contribution in [3.63, 3.8) is 0 Å². The van der Waals surface area contributed by atoms with E-state index in [0.29, 0.717) is 12.3 Å². The zero-order valence-corrected chi connectivity index (χ0v) is 13.1. The van der Waals surface area contributed by atoms with Gasteiger partial charge in [0.05, 0.1) is 11.7 Å². The van der Waals surface area contributed by atoms with Gasteiger partial charge in [0, 0.05) is 24.5 Å². The largest absolute Gasteiger partial charge is 0.380 e. The van der Waals surface area contributed by atoms with E-state index in [0.717, 1.165) is 11.5 Å². The molecule has 0 amide bonds. The summed E-state index contributed by atoms with van der Waals surface area (Å²) in [4.78, 5) is 4.41. The summed E-state index contributed by atoms with van der Waals surface area (Å²) < 4.78 is 0. The molecule has 21 heavy (non-hydrogen) atoms. The molecule has 0 spiro atoms. The highest BCUT2D eigenvalue weighted by Crippen LogP contribution is 2.23. The first-order valence-electron chi connectivity index (χ1n) is 7.07. The van der Waals surface area contributed by atoms with Crippen molar-refractivity contribution < 1.29 is 0 Å². The molecule has 1 aromatic heterocycles. The number of anilines is 2. The third kappa shape index (κ3) is 4.65. The lowest BCUT2D eigenvalue weighted by Gasteiger charge is -2.19. The predicted octanol–water partition coefficient (Wildman–Crippen LogP) is 2.92. The standard InChI is InChI=1S/C16H22N4S/c1-12(13-6-3-2-4-7-13)20-16-15(8-5-9-18-16)19-10-14(17)11-21/h2-9,12,14,19,21H,10-11,17H2,1H3,(H,18,20)/t12-,14?/m0/s1. The molecule has 2 rings (SSSR count). The lowest BCUT2D eigenvalue weighted by Crippen LogP contribution is -2.30. The second kappa shape index (κ2) is 7.90. The van der Waals surface area contributed by atoms with Crippen LogP contribution in [-0.2, 0) is 0 Å². The Kier molecular flexibility index (Phi) is 5.90. The van der Waals surface area contributed by atoms with E-state index < -0.39 is 0 Å². The molecule has 0 aliphatic rings. The highest BCUT2D eigenvalue weighted by atomic mass is 32.1. The Labute approximate surface area is 131 Å². The first kappa shape index (κ1) is 15.7. The van der Waals surface area contributed by atoms with Crippen molar-refractivity contribution >= 4 is 24.1 Å². The third-order valence-corrected chi connectivity index (χ3v) is 3.72. The summed E-state index contributed by atoms with van der Waals surface area (Å²) in [5.41, 5.74) is 8.06. The Bertz CT molecular complexity index is 547. The Hall–Kier alpha value is -1.72. The van der Waals surface area contributed by atoms with E-state index in [1.165, 1.54) is 5.56 Å². The summed E-state index contributed by atoms with van der Waals surface area (Å²) in [6.07, 6.45) is 1.78. The molecule has 2 atom stereocenters. The molecule has 4 N–H and O–H groups in total. The first-order valence-corrected chi connectivity index (χ1v) is 7.70. The smallest absolute Gasteiger partial charge is 0.149 e. The van der Waals surface area contributed by atoms with Gasteiger partial charge in [0.25, 0.3) is 0 Å². The van der Waals surface area contributed by atoms with Gasteiger partial charge >= 0.3 is 0 Å². The van der Waals surface area contributed by atoms with Gasteiger partial charge in [-0.25, -0.2) is 4.98 Å². The predicted molar refractivity (Wildman–Crippen MR) is 93.0 cm³/mol. The van der Waals surface area contributed by atoms with Gasteiger partial charge in [0.2, 0.25) is 0 Å². The molecule has 0 saturated carbocycles. The lowest BCUT2D eigenvalue weighted by molar-refractivity contribution is 0.792. The number of thiol groups is 1. The molecule has 112 valence electrons. The minimum atomic E-state index is 0.0212. The van der Waals surface area contributed by atoms with Crippen molar-refractivity contribution in [3.8, 4) is 0 Å². The Morgan fingerprint density at radius 1 is 1.19 bits per heavy atom. The molecule has 4 nitrogen and oxygen atoms in total.